The van der Waals surface area contributed by atoms with Gasteiger partial charge >= 0.3 is 11.9 Å². The van der Waals surface area contributed by atoms with Gasteiger partial charge in [0.05, 0.1) is 0 Å². The zero-order valence-corrected chi connectivity index (χ0v) is 20.7. The minimum atomic E-state index is -0.670. The van der Waals surface area contributed by atoms with Gasteiger partial charge in [-0.1, -0.05) is 105 Å². The van der Waals surface area contributed by atoms with Crippen LogP contribution in [0.15, 0.2) is 0 Å². The molecule has 0 saturated carbocycles. The van der Waals surface area contributed by atoms with Gasteiger partial charge in [-0.15, -0.1) is 0 Å². The Morgan fingerprint density at radius 3 is 1.53 bits per heavy atom. The maximum Gasteiger partial charge on any atom is 0.306 e. The van der Waals surface area contributed by atoms with Crippen LogP contribution in [0.3, 0.4) is 0 Å². The first-order chi connectivity index (χ1) is 14.5. The Bertz CT molecular complexity index is 368. The summed E-state index contributed by atoms with van der Waals surface area (Å²) < 4.78 is 5.55. The molecule has 0 aliphatic heterocycles. The van der Waals surface area contributed by atoms with Crippen molar-refractivity contribution in [2.75, 3.05) is 0 Å². The molecule has 0 aliphatic rings. The average molecular weight is 429 g/mol. The second kappa shape index (κ2) is 26.0. The van der Waals surface area contributed by atoms with Crippen LogP contribution < -0.4 is 0 Å². The Morgan fingerprint density at radius 2 is 1.07 bits per heavy atom. The molecule has 0 saturated heterocycles. The summed E-state index contributed by atoms with van der Waals surface area (Å²) in [5.41, 5.74) is 0. The van der Waals surface area contributed by atoms with Crippen LogP contribution in [0.5, 0.6) is 0 Å². The number of unbranched alkanes of at least 4 members (excludes halogenated alkanes) is 12. The van der Waals surface area contributed by atoms with E-state index < -0.39 is 5.97 Å². The Balaban J connectivity index is 0. The van der Waals surface area contributed by atoms with Crippen molar-refractivity contribution in [2.24, 2.45) is 0 Å². The van der Waals surface area contributed by atoms with E-state index in [0.29, 0.717) is 12.8 Å². The number of hydrogen-bond donors (Lipinski definition) is 1. The number of hydrogen-bond acceptors (Lipinski definition) is 3. The topological polar surface area (TPSA) is 63.6 Å². The van der Waals surface area contributed by atoms with E-state index in [1.54, 1.807) is 0 Å². The molecule has 1 N–H and O–H groups in total. The number of rotatable bonds is 20. The van der Waals surface area contributed by atoms with Gasteiger partial charge in [0.25, 0.3) is 0 Å². The third-order valence-electron chi connectivity index (χ3n) is 5.36. The monoisotopic (exact) mass is 428 g/mol. The number of aliphatic carboxylic acids is 1. The molecule has 30 heavy (non-hydrogen) atoms. The average Bonchev–Trinajstić information content (AvgIpc) is 2.72. The van der Waals surface area contributed by atoms with E-state index in [0.717, 1.165) is 32.1 Å². The molecule has 0 radical (unpaired) electrons. The van der Waals surface area contributed by atoms with Gasteiger partial charge in [-0.05, 0) is 32.1 Å². The van der Waals surface area contributed by atoms with Crippen molar-refractivity contribution in [3.8, 4) is 0 Å². The lowest BCUT2D eigenvalue weighted by atomic mass is 10.1. The molecule has 0 aliphatic carbocycles. The van der Waals surface area contributed by atoms with Crippen molar-refractivity contribution in [1.29, 1.82) is 0 Å². The predicted octanol–water partition coefficient (Wildman–Crippen LogP) is 8.46. The number of carbonyl (C=O) groups excluding carboxylic acids is 1. The number of carboxylic acids is 1. The first kappa shape index (κ1) is 31.1. The fourth-order valence-corrected chi connectivity index (χ4v) is 3.32. The lowest BCUT2D eigenvalue weighted by Crippen LogP contribution is -2.17. The van der Waals surface area contributed by atoms with Crippen LogP contribution in [-0.4, -0.2) is 23.1 Å². The molecule has 4 nitrogen and oxygen atoms in total. The van der Waals surface area contributed by atoms with Crippen molar-refractivity contribution >= 4 is 11.9 Å². The first-order valence-corrected chi connectivity index (χ1v) is 12.9. The molecule has 4 heteroatoms. The summed E-state index contributed by atoms with van der Waals surface area (Å²) in [7, 11) is 0. The Labute approximate surface area is 187 Å². The highest BCUT2D eigenvalue weighted by molar-refractivity contribution is 5.69. The molecule has 0 spiro atoms. The molecule has 1 atom stereocenters. The quantitative estimate of drug-likeness (QED) is 0.156. The summed E-state index contributed by atoms with van der Waals surface area (Å²) in [6.07, 6.45) is 21.0. The molecule has 0 rings (SSSR count). The fraction of sp³-hybridized carbons (Fsp3) is 0.923. The number of esters is 1. The molecule has 0 amide bonds. The maximum absolute atomic E-state index is 11.8. The zero-order valence-electron chi connectivity index (χ0n) is 20.7. The zero-order chi connectivity index (χ0) is 22.9. The van der Waals surface area contributed by atoms with Gasteiger partial charge in [0.15, 0.2) is 0 Å². The van der Waals surface area contributed by atoms with Crippen LogP contribution in [0.1, 0.15) is 150 Å². The third kappa shape index (κ3) is 26.9. The molecule has 0 bridgehead atoms. The smallest absolute Gasteiger partial charge is 0.306 e. The van der Waals surface area contributed by atoms with Gasteiger partial charge in [-0.25, -0.2) is 0 Å². The molecule has 1 unspecified atom stereocenters. The van der Waals surface area contributed by atoms with E-state index in [1.807, 2.05) is 0 Å². The van der Waals surface area contributed by atoms with Gasteiger partial charge in [0, 0.05) is 12.8 Å². The third-order valence-corrected chi connectivity index (χ3v) is 5.36. The first-order valence-electron chi connectivity index (χ1n) is 12.9. The predicted molar refractivity (Wildman–Crippen MR) is 128 cm³/mol. The lowest BCUT2D eigenvalue weighted by Gasteiger charge is -2.16. The Morgan fingerprint density at radius 1 is 0.633 bits per heavy atom. The summed E-state index contributed by atoms with van der Waals surface area (Å²) in [6.45, 7) is 8.70. The molecule has 0 fully saturated rings. The number of ether oxygens (including phenoxy) is 1. The van der Waals surface area contributed by atoms with E-state index in [9.17, 15) is 9.59 Å². The molecule has 180 valence electrons. The van der Waals surface area contributed by atoms with Crippen molar-refractivity contribution in [2.45, 2.75) is 156 Å². The minimum Gasteiger partial charge on any atom is -0.481 e. The Hall–Kier alpha value is -1.06. The van der Waals surface area contributed by atoms with Crippen LogP contribution in [0, 0.1) is 0 Å². The van der Waals surface area contributed by atoms with E-state index in [2.05, 4.69) is 27.7 Å². The number of carboxylic acid groups (broad SMARTS) is 1. The molecular weight excluding hydrogens is 376 g/mol. The highest BCUT2D eigenvalue weighted by atomic mass is 16.5. The SMILES string of the molecule is CCCCCCCC(=O)O.CCCCCCCCCC(=O)OC(CC)CCCCC. The minimum absolute atomic E-state index is 0.0157. The van der Waals surface area contributed by atoms with Crippen LogP contribution in [0.2, 0.25) is 0 Å². The van der Waals surface area contributed by atoms with Crippen LogP contribution in [-0.2, 0) is 14.3 Å². The van der Waals surface area contributed by atoms with E-state index in [-0.39, 0.29) is 12.1 Å². The van der Waals surface area contributed by atoms with Gasteiger partial charge in [-0.3, -0.25) is 9.59 Å². The van der Waals surface area contributed by atoms with Gasteiger partial charge in [0.1, 0.15) is 6.10 Å². The van der Waals surface area contributed by atoms with Crippen molar-refractivity contribution in [1.82, 2.24) is 0 Å². The second-order valence-electron chi connectivity index (χ2n) is 8.45. The van der Waals surface area contributed by atoms with Gasteiger partial charge in [0.2, 0.25) is 0 Å². The van der Waals surface area contributed by atoms with Gasteiger partial charge < -0.3 is 9.84 Å². The fourth-order valence-electron chi connectivity index (χ4n) is 3.32. The molecule has 0 aromatic heterocycles. The molecule has 0 aromatic rings. The maximum atomic E-state index is 11.8. The molecule has 0 heterocycles. The van der Waals surface area contributed by atoms with Crippen molar-refractivity contribution in [3.63, 3.8) is 0 Å². The van der Waals surface area contributed by atoms with E-state index >= 15 is 0 Å². The Kier molecular flexibility index (Phi) is 27.0. The van der Waals surface area contributed by atoms with E-state index in [4.69, 9.17) is 9.84 Å². The summed E-state index contributed by atoms with van der Waals surface area (Å²) in [4.78, 5) is 21.8. The molecular formula is C26H52O4. The summed E-state index contributed by atoms with van der Waals surface area (Å²) in [5, 5.41) is 8.27. The highest BCUT2D eigenvalue weighted by Gasteiger charge is 2.11. The van der Waals surface area contributed by atoms with Crippen LogP contribution >= 0.6 is 0 Å². The summed E-state index contributed by atoms with van der Waals surface area (Å²) in [6, 6.07) is 0. The summed E-state index contributed by atoms with van der Waals surface area (Å²) in [5.74, 6) is -0.654. The van der Waals surface area contributed by atoms with Crippen LogP contribution in [0.4, 0.5) is 0 Å². The van der Waals surface area contributed by atoms with E-state index in [1.165, 1.54) is 77.0 Å². The second-order valence-corrected chi connectivity index (χ2v) is 8.45. The summed E-state index contributed by atoms with van der Waals surface area (Å²) >= 11 is 0. The largest absolute Gasteiger partial charge is 0.481 e. The highest BCUT2D eigenvalue weighted by Crippen LogP contribution is 2.13. The van der Waals surface area contributed by atoms with Gasteiger partial charge in [-0.2, -0.15) is 0 Å². The molecule has 0 aromatic carbocycles. The van der Waals surface area contributed by atoms with Crippen molar-refractivity contribution < 1.29 is 19.4 Å². The lowest BCUT2D eigenvalue weighted by molar-refractivity contribution is -0.149. The van der Waals surface area contributed by atoms with Crippen molar-refractivity contribution in [3.05, 3.63) is 0 Å². The number of carbonyl (C=O) groups is 2. The normalized spacial score (nSPS) is 11.5. The van der Waals surface area contributed by atoms with Crippen LogP contribution in [0.25, 0.3) is 0 Å². The standard InChI is InChI=1S/C18H36O2.C8H16O2/c1-4-7-9-10-11-12-14-16-18(19)20-17(6-3)15-13-8-5-2;1-2-3-4-5-6-7-8(9)10/h17H,4-16H2,1-3H3;2-7H2,1H3,(H,9,10).